The molecule has 3 heteroatoms. The van der Waals surface area contributed by atoms with E-state index >= 15 is 0 Å². The first-order valence-corrected chi connectivity index (χ1v) is 11.8. The molecular formula is C11H11CoNO. The third-order valence-corrected chi connectivity index (χ3v) is 54.2. The van der Waals surface area contributed by atoms with Crippen molar-refractivity contribution in [3.8, 4) is 0 Å². The fourth-order valence-corrected chi connectivity index (χ4v) is 83.8. The first-order valence-electron chi connectivity index (χ1n) is 5.89. The van der Waals surface area contributed by atoms with Crippen molar-refractivity contribution in [1.29, 1.82) is 0 Å². The van der Waals surface area contributed by atoms with Crippen molar-refractivity contribution in [1.82, 2.24) is 0 Å². The van der Waals surface area contributed by atoms with Gasteiger partial charge in [0.2, 0.25) is 0 Å². The molecule has 10 saturated heterocycles. The van der Waals surface area contributed by atoms with Crippen molar-refractivity contribution in [2.45, 2.75) is 48.0 Å². The molecule has 2 nitrogen and oxygen atoms in total. The van der Waals surface area contributed by atoms with Gasteiger partial charge in [-0.25, -0.2) is 0 Å². The molecule has 4 unspecified atom stereocenters. The summed E-state index contributed by atoms with van der Waals surface area (Å²) in [6.07, 6.45) is -2.97. The van der Waals surface area contributed by atoms with Crippen LogP contribution in [0.3, 0.4) is 0 Å². The molecule has 1 spiro atoms. The van der Waals surface area contributed by atoms with E-state index in [1.807, 2.05) is 0 Å². The van der Waals surface area contributed by atoms with Gasteiger partial charge in [-0.05, 0) is 0 Å². The van der Waals surface area contributed by atoms with E-state index in [2.05, 4.69) is 0 Å². The molecular weight excluding hydrogens is 221 g/mol. The average molecular weight is 232 g/mol. The number of hydrogen-bond donors (Lipinski definition) is 1. The molecule has 0 aromatic rings. The summed E-state index contributed by atoms with van der Waals surface area (Å²) in [4.78, 5) is 22.8. The molecule has 10 heterocycles. The fourth-order valence-electron chi connectivity index (χ4n) is 15.8. The van der Waals surface area contributed by atoms with E-state index in [-0.39, 0.29) is 5.91 Å². The van der Waals surface area contributed by atoms with E-state index in [0.717, 1.165) is 9.70 Å². The molecule has 2 N–H and O–H groups in total. The Hall–Kier alpha value is -0.0235. The maximum absolute atomic E-state index is 12.0. The average Bonchev–Trinajstić information content (AvgIpc) is 3.13. The third kappa shape index (κ3) is 0.0301. The van der Waals surface area contributed by atoms with Crippen LogP contribution in [-0.2, 0) is 11.2 Å². The molecule has 10 aliphatic rings. The van der Waals surface area contributed by atoms with E-state index in [0.29, 0.717) is 4.35 Å². The Kier molecular flexibility index (Phi) is 0.0904. The molecule has 4 atom stereocenters. The van der Waals surface area contributed by atoms with Crippen molar-refractivity contribution in [2.24, 2.45) is 5.73 Å². The molecule has 0 aromatic heterocycles. The molecule has 75 valence electrons. The summed E-state index contributed by atoms with van der Waals surface area (Å²) >= 11 is 0. The second-order valence-corrected chi connectivity index (χ2v) is 31.8. The number of hydrogen-bond acceptors (Lipinski definition) is 1. The van der Waals surface area contributed by atoms with Crippen molar-refractivity contribution < 1.29 is 11.2 Å². The zero-order chi connectivity index (χ0) is 8.59. The van der Waals surface area contributed by atoms with Crippen LogP contribution in [0.15, 0.2) is 0 Å². The summed E-state index contributed by atoms with van der Waals surface area (Å²) in [7, 11) is 0. The second kappa shape index (κ2) is 0.284. The first kappa shape index (κ1) is 4.46. The normalized spacial score (nSPS) is 142. The molecule has 0 radical (unpaired) electrons. The van der Waals surface area contributed by atoms with Crippen LogP contribution in [0, 0.1) is 0 Å². The van der Waals surface area contributed by atoms with Gasteiger partial charge in [0, 0.05) is 0 Å². The van der Waals surface area contributed by atoms with Crippen LogP contribution in [0.5, 0.6) is 0 Å². The van der Waals surface area contributed by atoms with Gasteiger partial charge in [-0.1, -0.05) is 0 Å². The number of carbonyl (C=O) groups is 1. The van der Waals surface area contributed by atoms with Gasteiger partial charge < -0.3 is 0 Å². The monoisotopic (exact) mass is 232 g/mol. The third-order valence-electron chi connectivity index (χ3n) is 14.3. The zero-order valence-corrected chi connectivity index (χ0v) is 8.56. The van der Waals surface area contributed by atoms with Crippen LogP contribution < -0.4 is 5.73 Å². The Morgan fingerprint density at radius 1 is 0.929 bits per heavy atom. The number of fused-ring (bicyclic) bond motifs is 10. The Balaban J connectivity index is 1.98. The van der Waals surface area contributed by atoms with E-state index in [1.165, 1.54) is 34.0 Å². The molecule has 0 bridgehead atoms. The minimum absolute atomic E-state index is 0.223. The van der Waals surface area contributed by atoms with Crippen molar-refractivity contribution in [3.05, 3.63) is 0 Å². The van der Waals surface area contributed by atoms with E-state index in [1.54, 1.807) is 0 Å². The predicted molar refractivity (Wildman–Crippen MR) is 45.6 cm³/mol. The molecule has 0 saturated carbocycles. The van der Waals surface area contributed by atoms with Crippen molar-refractivity contribution in [3.63, 3.8) is 0 Å². The van der Waals surface area contributed by atoms with Crippen LogP contribution in [-0.4, -0.2) is 5.91 Å². The summed E-state index contributed by atoms with van der Waals surface area (Å²) < 4.78 is 0.326. The number of rotatable bonds is 1. The Morgan fingerprint density at radius 3 is 1.43 bits per heavy atom. The van der Waals surface area contributed by atoms with Gasteiger partial charge in [0.1, 0.15) is 0 Å². The van der Waals surface area contributed by atoms with Gasteiger partial charge in [0.25, 0.3) is 0 Å². The van der Waals surface area contributed by atoms with Gasteiger partial charge in [-0.2, -0.15) is 0 Å². The second-order valence-electron chi connectivity index (χ2n) is 9.61. The molecule has 1 amide bonds. The molecule has 14 heavy (non-hydrogen) atoms. The van der Waals surface area contributed by atoms with Crippen molar-refractivity contribution >= 4 is 5.91 Å². The number of nitrogens with two attached hydrogens (primary N) is 1. The topological polar surface area (TPSA) is 43.1 Å². The summed E-state index contributed by atoms with van der Waals surface area (Å²) in [5.41, 5.74) is 5.87. The summed E-state index contributed by atoms with van der Waals surface area (Å²) in [6.45, 7) is 0. The summed E-state index contributed by atoms with van der Waals surface area (Å²) in [5.74, 6) is 0.223. The summed E-state index contributed by atoms with van der Waals surface area (Å²) in [5, 5.41) is 0. The van der Waals surface area contributed by atoms with E-state index in [4.69, 9.17) is 5.73 Å². The Morgan fingerprint density at radius 2 is 1.36 bits per heavy atom. The van der Waals surface area contributed by atoms with Gasteiger partial charge in [0.15, 0.2) is 0 Å². The standard InChI is InChI=1S/C6H6NO.C5H5.Co/c7-6(8)5-3-1-2-4-5;1-2-4-5-3-1;/h1-4H,(H2,7,8);1-5H;. The zero-order valence-electron chi connectivity index (χ0n) is 7.52. The Labute approximate surface area is 71.1 Å². The maximum atomic E-state index is 12.0. The van der Waals surface area contributed by atoms with E-state index in [9.17, 15) is 4.79 Å². The SMILES string of the molecule is NC(=O)[C]12[CH]3[CH]4[CH]5[CH]1[Co]45321678[CH]2[CH]1[CH]6[CH]7[CH]28. The number of primary amides is 1. The van der Waals surface area contributed by atoms with Crippen molar-refractivity contribution in [2.75, 3.05) is 0 Å². The minimum atomic E-state index is -2.97. The van der Waals surface area contributed by atoms with Crippen LogP contribution in [0.2, 0.25) is 48.0 Å². The molecule has 0 aliphatic carbocycles. The number of carbonyl (C=O) groups excluding carboxylic acids is 1. The molecule has 10 rings (SSSR count). The number of amides is 1. The Bertz CT molecular complexity index is 849. The van der Waals surface area contributed by atoms with Gasteiger partial charge in [0.05, 0.1) is 0 Å². The van der Waals surface area contributed by atoms with Crippen LogP contribution in [0.25, 0.3) is 0 Å². The van der Waals surface area contributed by atoms with Gasteiger partial charge in [-0.15, -0.1) is 0 Å². The molecule has 10 aliphatic heterocycles. The van der Waals surface area contributed by atoms with Crippen LogP contribution >= 0.6 is 0 Å². The fraction of sp³-hybridized carbons (Fsp3) is 0.909. The molecule has 10 fully saturated rings. The van der Waals surface area contributed by atoms with E-state index < -0.39 is 6.37 Å². The summed E-state index contributed by atoms with van der Waals surface area (Å²) in [6, 6.07) is 0. The predicted octanol–water partition coefficient (Wildman–Crippen LogP) is 2.23. The molecule has 0 aromatic carbocycles. The first-order chi connectivity index (χ1) is 6.49. The van der Waals surface area contributed by atoms with Gasteiger partial charge >= 0.3 is 70.8 Å². The van der Waals surface area contributed by atoms with Gasteiger partial charge in [-0.3, -0.25) is 0 Å². The van der Waals surface area contributed by atoms with Crippen LogP contribution in [0.1, 0.15) is 0 Å². The van der Waals surface area contributed by atoms with Crippen LogP contribution in [0.4, 0.5) is 0 Å². The quantitative estimate of drug-likeness (QED) is 0.740.